The summed E-state index contributed by atoms with van der Waals surface area (Å²) in [5.74, 6) is 2.71. The monoisotopic (exact) mass is 451 g/mol. The zero-order valence-electron chi connectivity index (χ0n) is 18.5. The van der Waals surface area contributed by atoms with E-state index in [-0.39, 0.29) is 22.8 Å². The number of benzene rings is 1. The zero-order valence-corrected chi connectivity index (χ0v) is 19.3. The number of para-hydroxylation sites is 1. The summed E-state index contributed by atoms with van der Waals surface area (Å²) in [6, 6.07) is 7.61. The van der Waals surface area contributed by atoms with Crippen molar-refractivity contribution >= 4 is 34.3 Å². The molecule has 8 heteroatoms. The Morgan fingerprint density at radius 1 is 1.28 bits per heavy atom. The Morgan fingerprint density at radius 3 is 2.81 bits per heavy atom. The second kappa shape index (κ2) is 8.39. The molecule has 5 atom stereocenters. The van der Waals surface area contributed by atoms with E-state index in [1.165, 1.54) is 37.4 Å². The van der Waals surface area contributed by atoms with Crippen molar-refractivity contribution in [3.63, 3.8) is 0 Å². The Bertz CT molecular complexity index is 1250. The van der Waals surface area contributed by atoms with Crippen LogP contribution in [0.4, 0.5) is 0 Å². The molecule has 0 saturated heterocycles. The number of nitrogens with zero attached hydrogens (tertiary/aromatic N) is 4. The van der Waals surface area contributed by atoms with E-state index in [2.05, 4.69) is 29.0 Å². The molecule has 168 valence electrons. The highest BCUT2D eigenvalue weighted by Crippen LogP contribution is 2.49. The molecule has 1 amide bonds. The summed E-state index contributed by atoms with van der Waals surface area (Å²) in [7, 11) is 0. The molecule has 2 aliphatic rings. The Morgan fingerprint density at radius 2 is 2.09 bits per heavy atom. The zero-order chi connectivity index (χ0) is 22.4. The predicted molar refractivity (Wildman–Crippen MR) is 127 cm³/mol. The largest absolute Gasteiger partial charge is 0.352 e. The van der Waals surface area contributed by atoms with Gasteiger partial charge in [-0.15, -0.1) is 16.8 Å². The number of thioether (sulfide) groups is 1. The fourth-order valence-corrected chi connectivity index (χ4v) is 6.53. The van der Waals surface area contributed by atoms with Crippen LogP contribution in [0, 0.1) is 17.8 Å². The lowest BCUT2D eigenvalue weighted by Crippen LogP contribution is -2.43. The van der Waals surface area contributed by atoms with Crippen molar-refractivity contribution in [3.05, 3.63) is 47.3 Å². The number of hydrogen-bond acceptors (Lipinski definition) is 5. The van der Waals surface area contributed by atoms with E-state index in [1.807, 2.05) is 29.5 Å². The Labute approximate surface area is 191 Å². The molecular weight excluding hydrogens is 422 g/mol. The minimum atomic E-state index is -0.331. The number of aromatic nitrogens is 4. The van der Waals surface area contributed by atoms with Gasteiger partial charge in [0.2, 0.25) is 11.7 Å². The van der Waals surface area contributed by atoms with E-state index in [1.54, 1.807) is 16.7 Å². The van der Waals surface area contributed by atoms with Crippen molar-refractivity contribution in [3.8, 4) is 0 Å². The van der Waals surface area contributed by atoms with Crippen LogP contribution in [-0.4, -0.2) is 36.4 Å². The van der Waals surface area contributed by atoms with E-state index in [0.717, 1.165) is 17.4 Å². The summed E-state index contributed by atoms with van der Waals surface area (Å²) in [5, 5.41) is 12.7. The molecule has 5 unspecified atom stereocenters. The fourth-order valence-electron chi connectivity index (χ4n) is 5.67. The maximum atomic E-state index is 13.0. The summed E-state index contributed by atoms with van der Waals surface area (Å²) >= 11 is 1.37. The van der Waals surface area contributed by atoms with Gasteiger partial charge in [0.15, 0.2) is 5.16 Å². The first-order chi connectivity index (χ1) is 15.5. The van der Waals surface area contributed by atoms with E-state index in [0.29, 0.717) is 28.8 Å². The highest BCUT2D eigenvalue weighted by molar-refractivity contribution is 8.00. The quantitative estimate of drug-likeness (QED) is 0.438. The molecule has 2 bridgehead atoms. The molecule has 2 saturated carbocycles. The van der Waals surface area contributed by atoms with E-state index in [9.17, 15) is 9.59 Å². The third-order valence-corrected chi connectivity index (χ3v) is 8.29. The summed E-state index contributed by atoms with van der Waals surface area (Å²) in [4.78, 5) is 25.9. The van der Waals surface area contributed by atoms with Crippen LogP contribution in [0.2, 0.25) is 0 Å². The van der Waals surface area contributed by atoms with Gasteiger partial charge in [0.25, 0.3) is 5.56 Å². The van der Waals surface area contributed by atoms with E-state index >= 15 is 0 Å². The number of amides is 1. The van der Waals surface area contributed by atoms with Crippen molar-refractivity contribution in [1.82, 2.24) is 24.5 Å². The second-order valence-electron chi connectivity index (χ2n) is 9.24. The highest BCUT2D eigenvalue weighted by atomic mass is 32.2. The van der Waals surface area contributed by atoms with E-state index < -0.39 is 0 Å². The third-order valence-electron chi connectivity index (χ3n) is 7.25. The van der Waals surface area contributed by atoms with Gasteiger partial charge in [-0.2, -0.15) is 0 Å². The summed E-state index contributed by atoms with van der Waals surface area (Å²) in [5.41, 5.74) is 0.616. The number of carbonyl (C=O) groups is 1. The predicted octanol–water partition coefficient (Wildman–Crippen LogP) is 3.65. The molecule has 2 fully saturated rings. The molecular formula is C24H29N5O2S. The van der Waals surface area contributed by atoms with Gasteiger partial charge in [-0.05, 0) is 63.0 Å². The Hall–Kier alpha value is -2.61. The molecule has 32 heavy (non-hydrogen) atoms. The molecule has 3 aromatic rings. The van der Waals surface area contributed by atoms with Gasteiger partial charge < -0.3 is 5.32 Å². The Balaban J connectivity index is 1.40. The van der Waals surface area contributed by atoms with Crippen molar-refractivity contribution in [2.24, 2.45) is 17.8 Å². The number of hydrogen-bond donors (Lipinski definition) is 1. The lowest BCUT2D eigenvalue weighted by Gasteiger charge is -2.29. The van der Waals surface area contributed by atoms with Crippen molar-refractivity contribution in [1.29, 1.82) is 0 Å². The van der Waals surface area contributed by atoms with Gasteiger partial charge in [-0.3, -0.25) is 18.6 Å². The van der Waals surface area contributed by atoms with Crippen molar-refractivity contribution in [2.45, 2.75) is 62.5 Å². The molecule has 0 aliphatic heterocycles. The second-order valence-corrected chi connectivity index (χ2v) is 10.5. The van der Waals surface area contributed by atoms with Gasteiger partial charge in [0.1, 0.15) is 0 Å². The van der Waals surface area contributed by atoms with Crippen LogP contribution in [-0.2, 0) is 11.3 Å². The smallest absolute Gasteiger partial charge is 0.263 e. The SMILES string of the molecule is C=CCn1c(=O)c2ccccc2n2c(SC(C)C(=O)NC(C)C3CC4CCC3C4)nnc12. The van der Waals surface area contributed by atoms with Crippen LogP contribution in [0.25, 0.3) is 16.7 Å². The Kier molecular flexibility index (Phi) is 5.57. The highest BCUT2D eigenvalue weighted by Gasteiger charge is 2.42. The molecule has 0 radical (unpaired) electrons. The minimum Gasteiger partial charge on any atom is -0.352 e. The molecule has 1 N–H and O–H groups in total. The lowest BCUT2D eigenvalue weighted by molar-refractivity contribution is -0.121. The van der Waals surface area contributed by atoms with Crippen molar-refractivity contribution < 1.29 is 4.79 Å². The fraction of sp³-hybridized carbons (Fsp3) is 0.500. The molecule has 5 rings (SSSR count). The molecule has 2 aromatic heterocycles. The van der Waals surface area contributed by atoms with Crippen LogP contribution in [0.5, 0.6) is 0 Å². The van der Waals surface area contributed by atoms with Crippen molar-refractivity contribution in [2.75, 3.05) is 0 Å². The first kappa shape index (κ1) is 21.2. The summed E-state index contributed by atoms with van der Waals surface area (Å²) in [6.07, 6.45) is 6.92. The van der Waals surface area contributed by atoms with Crippen LogP contribution in [0.3, 0.4) is 0 Å². The van der Waals surface area contributed by atoms with Gasteiger partial charge in [0, 0.05) is 12.6 Å². The number of fused-ring (bicyclic) bond motifs is 5. The average molecular weight is 452 g/mol. The number of rotatable bonds is 7. The maximum absolute atomic E-state index is 13.0. The normalized spacial score (nSPS) is 24.1. The molecule has 7 nitrogen and oxygen atoms in total. The minimum absolute atomic E-state index is 0.0192. The lowest BCUT2D eigenvalue weighted by atomic mass is 9.84. The third kappa shape index (κ3) is 3.54. The molecule has 0 spiro atoms. The van der Waals surface area contributed by atoms with Gasteiger partial charge in [0.05, 0.1) is 16.2 Å². The number of carbonyl (C=O) groups excluding carboxylic acids is 1. The van der Waals surface area contributed by atoms with Crippen LogP contribution in [0.1, 0.15) is 39.5 Å². The van der Waals surface area contributed by atoms with E-state index in [4.69, 9.17) is 0 Å². The molecule has 2 aliphatic carbocycles. The number of nitrogens with one attached hydrogen (secondary N) is 1. The average Bonchev–Trinajstić information content (AvgIpc) is 3.52. The van der Waals surface area contributed by atoms with Gasteiger partial charge in [-0.1, -0.05) is 36.4 Å². The molecule has 1 aromatic carbocycles. The van der Waals surface area contributed by atoms with Gasteiger partial charge in [-0.25, -0.2) is 0 Å². The summed E-state index contributed by atoms with van der Waals surface area (Å²) < 4.78 is 3.43. The first-order valence-electron chi connectivity index (χ1n) is 11.4. The van der Waals surface area contributed by atoms with Crippen LogP contribution in [0.15, 0.2) is 46.9 Å². The standard InChI is InChI=1S/C24H29N5O2S/c1-4-11-28-22(31)18-7-5-6-8-20(18)29-23(28)26-27-24(29)32-15(3)21(30)25-14(2)19-13-16-9-10-17(19)12-16/h4-8,14-17,19H,1,9-13H2,2-3H3,(H,25,30). The summed E-state index contributed by atoms with van der Waals surface area (Å²) in [6.45, 7) is 8.15. The maximum Gasteiger partial charge on any atom is 0.263 e. The first-order valence-corrected chi connectivity index (χ1v) is 12.3. The van der Waals surface area contributed by atoms with Crippen LogP contribution < -0.4 is 10.9 Å². The number of allylic oxidation sites excluding steroid dienone is 1. The van der Waals surface area contributed by atoms with Crippen LogP contribution >= 0.6 is 11.8 Å². The topological polar surface area (TPSA) is 81.3 Å². The van der Waals surface area contributed by atoms with Gasteiger partial charge >= 0.3 is 0 Å². The molecule has 2 heterocycles.